The molecule has 120 valence electrons. The van der Waals surface area contributed by atoms with E-state index in [0.717, 1.165) is 13.0 Å². The van der Waals surface area contributed by atoms with Gasteiger partial charge in [0.2, 0.25) is 0 Å². The first-order valence-electron chi connectivity index (χ1n) is 8.19. The van der Waals surface area contributed by atoms with Crippen LogP contribution < -0.4 is 11.1 Å². The van der Waals surface area contributed by atoms with Crippen molar-refractivity contribution in [2.75, 3.05) is 13.6 Å². The molecule has 0 saturated heterocycles. The van der Waals surface area contributed by atoms with Crippen LogP contribution >= 0.6 is 0 Å². The summed E-state index contributed by atoms with van der Waals surface area (Å²) in [5, 5.41) is 3.62. The van der Waals surface area contributed by atoms with E-state index in [1.165, 1.54) is 35.3 Å². The van der Waals surface area contributed by atoms with Gasteiger partial charge in [-0.25, -0.2) is 0 Å². The Morgan fingerprint density at radius 1 is 1.52 bits per heavy atom. The van der Waals surface area contributed by atoms with Crippen molar-refractivity contribution in [3.05, 3.63) is 34.7 Å². The number of hydrogen-bond acceptors (Lipinski definition) is 3. The number of rotatable bonds is 7. The molecule has 2 unspecified atom stereocenters. The number of nitrogens with one attached hydrogen (secondary N) is 1. The molecule has 1 rings (SSSR count). The van der Waals surface area contributed by atoms with Gasteiger partial charge in [-0.15, -0.1) is 0 Å². The fourth-order valence-corrected chi connectivity index (χ4v) is 2.83. The van der Waals surface area contributed by atoms with E-state index in [1.807, 2.05) is 0 Å². The zero-order chi connectivity index (χ0) is 16.0. The number of nitrogens with zero attached hydrogens (tertiary/aromatic N) is 1. The fourth-order valence-electron chi connectivity index (χ4n) is 2.83. The van der Waals surface area contributed by atoms with E-state index in [0.29, 0.717) is 6.04 Å². The zero-order valence-corrected chi connectivity index (χ0v) is 14.7. The maximum Gasteiger partial charge on any atom is 0.0528 e. The first-order chi connectivity index (χ1) is 9.92. The first-order valence-corrected chi connectivity index (χ1v) is 8.19. The molecular weight excluding hydrogens is 258 g/mol. The Hall–Kier alpha value is -1.22. The van der Waals surface area contributed by atoms with Crippen LogP contribution in [-0.2, 0) is 0 Å². The maximum atomic E-state index is 6.21. The Morgan fingerprint density at radius 3 is 2.76 bits per heavy atom. The second-order valence-corrected chi connectivity index (χ2v) is 6.20. The zero-order valence-electron chi connectivity index (χ0n) is 14.7. The highest BCUT2D eigenvalue weighted by molar-refractivity contribution is 5.47. The van der Waals surface area contributed by atoms with Gasteiger partial charge >= 0.3 is 0 Å². The highest BCUT2D eigenvalue weighted by Gasteiger charge is 2.24. The molecule has 0 aromatic rings. The molecule has 0 bridgehead atoms. The minimum atomic E-state index is 0.229. The summed E-state index contributed by atoms with van der Waals surface area (Å²) in [5.74, 6) is 0. The van der Waals surface area contributed by atoms with E-state index >= 15 is 0 Å². The summed E-state index contributed by atoms with van der Waals surface area (Å²) >= 11 is 0. The number of unbranched alkanes of at least 4 members (excludes halogenated alkanes) is 1. The normalized spacial score (nSPS) is 21.5. The average Bonchev–Trinajstić information content (AvgIpc) is 2.46. The summed E-state index contributed by atoms with van der Waals surface area (Å²) in [5.41, 5.74) is 11.5. The van der Waals surface area contributed by atoms with Crippen LogP contribution in [0.5, 0.6) is 0 Å². The Balaban J connectivity index is 2.91. The molecule has 3 N–H and O–H groups in total. The summed E-state index contributed by atoms with van der Waals surface area (Å²) in [4.78, 5) is 2.28. The Morgan fingerprint density at radius 2 is 2.19 bits per heavy atom. The molecule has 1 aliphatic heterocycles. The molecule has 0 aromatic heterocycles. The Labute approximate surface area is 131 Å². The predicted molar refractivity (Wildman–Crippen MR) is 92.9 cm³/mol. The van der Waals surface area contributed by atoms with Gasteiger partial charge in [-0.2, -0.15) is 0 Å². The highest BCUT2D eigenvalue weighted by Crippen LogP contribution is 2.29. The quantitative estimate of drug-likeness (QED) is 0.753. The van der Waals surface area contributed by atoms with Crippen molar-refractivity contribution in [2.45, 2.75) is 66.0 Å². The lowest BCUT2D eigenvalue weighted by Crippen LogP contribution is -2.38. The van der Waals surface area contributed by atoms with Gasteiger partial charge in [0.25, 0.3) is 0 Å². The number of nitrogens with two attached hydrogens (primary N) is 1. The van der Waals surface area contributed by atoms with Gasteiger partial charge in [0.15, 0.2) is 0 Å². The number of hydrogen-bond donors (Lipinski definition) is 2. The third-order valence-electron chi connectivity index (χ3n) is 4.42. The Bertz CT molecular complexity index is 432. The summed E-state index contributed by atoms with van der Waals surface area (Å²) in [7, 11) is 2.14. The molecule has 21 heavy (non-hydrogen) atoms. The van der Waals surface area contributed by atoms with Crippen LogP contribution in [0.2, 0.25) is 0 Å². The van der Waals surface area contributed by atoms with E-state index in [-0.39, 0.29) is 6.04 Å². The third-order valence-corrected chi connectivity index (χ3v) is 4.42. The molecule has 0 saturated carbocycles. The average molecular weight is 291 g/mol. The van der Waals surface area contributed by atoms with Crippen molar-refractivity contribution in [1.82, 2.24) is 10.2 Å². The molecule has 1 heterocycles. The minimum absolute atomic E-state index is 0.229. The molecule has 3 nitrogen and oxygen atoms in total. The van der Waals surface area contributed by atoms with Crippen LogP contribution in [0.3, 0.4) is 0 Å². The van der Waals surface area contributed by atoms with Gasteiger partial charge < -0.3 is 16.0 Å². The van der Waals surface area contributed by atoms with Crippen molar-refractivity contribution in [2.24, 2.45) is 5.73 Å². The van der Waals surface area contributed by atoms with Crippen molar-refractivity contribution in [1.29, 1.82) is 0 Å². The second kappa shape index (κ2) is 8.28. The molecule has 0 fully saturated rings. The van der Waals surface area contributed by atoms with Gasteiger partial charge in [0.05, 0.1) is 6.04 Å². The Kier molecular flexibility index (Phi) is 7.03. The largest absolute Gasteiger partial charge is 0.383 e. The van der Waals surface area contributed by atoms with Crippen LogP contribution in [0.15, 0.2) is 34.7 Å². The van der Waals surface area contributed by atoms with E-state index in [2.05, 4.69) is 64.2 Å². The number of allylic oxidation sites excluding steroid dienone is 2. The predicted octanol–water partition coefficient (Wildman–Crippen LogP) is 3.55. The van der Waals surface area contributed by atoms with E-state index in [9.17, 15) is 0 Å². The first kappa shape index (κ1) is 17.8. The second-order valence-electron chi connectivity index (χ2n) is 6.20. The molecular formula is C18H33N3. The van der Waals surface area contributed by atoms with Gasteiger partial charge in [-0.3, -0.25) is 0 Å². The molecule has 0 radical (unpaired) electrons. The standard InChI is InChI=1S/C18H33N3/c1-7-9-10-16(19)11-20-18-14(4)12-21(6)15(5)17(18)13(3)8-2/h8,12,15-16,20H,7,9-11,19H2,1-6H3/b13-8-. The minimum Gasteiger partial charge on any atom is -0.383 e. The number of likely N-dealkylation sites (N-methyl/N-ethyl adjacent to an activating group) is 1. The van der Waals surface area contributed by atoms with Gasteiger partial charge in [0, 0.05) is 37.1 Å². The van der Waals surface area contributed by atoms with Crippen LogP contribution in [0.1, 0.15) is 53.9 Å². The van der Waals surface area contributed by atoms with Crippen LogP contribution in [-0.4, -0.2) is 30.6 Å². The fraction of sp³-hybridized carbons (Fsp3) is 0.667. The lowest BCUT2D eigenvalue weighted by molar-refractivity contribution is 0.379. The lowest BCUT2D eigenvalue weighted by atomic mass is 9.91. The smallest absolute Gasteiger partial charge is 0.0528 e. The van der Waals surface area contributed by atoms with Gasteiger partial charge in [-0.05, 0) is 45.3 Å². The van der Waals surface area contributed by atoms with Gasteiger partial charge in [0.1, 0.15) is 0 Å². The summed E-state index contributed by atoms with van der Waals surface area (Å²) in [6.45, 7) is 11.8. The molecule has 1 aliphatic rings. The molecule has 0 amide bonds. The van der Waals surface area contributed by atoms with Gasteiger partial charge in [-0.1, -0.05) is 25.8 Å². The molecule has 0 aromatic carbocycles. The molecule has 0 aliphatic carbocycles. The highest BCUT2D eigenvalue weighted by atomic mass is 15.1. The molecule has 3 heteroatoms. The molecule has 2 atom stereocenters. The summed E-state index contributed by atoms with van der Waals surface area (Å²) in [6.07, 6.45) is 7.91. The monoisotopic (exact) mass is 291 g/mol. The van der Waals surface area contributed by atoms with Crippen LogP contribution in [0, 0.1) is 0 Å². The maximum absolute atomic E-state index is 6.21. The SMILES string of the molecule is C/C=C(/C)C1=C(NCC(N)CCCC)C(C)=CN(C)C1C. The lowest BCUT2D eigenvalue weighted by Gasteiger charge is -2.35. The van der Waals surface area contributed by atoms with E-state index in [1.54, 1.807) is 0 Å². The summed E-state index contributed by atoms with van der Waals surface area (Å²) in [6, 6.07) is 0.617. The van der Waals surface area contributed by atoms with Crippen molar-refractivity contribution >= 4 is 0 Å². The van der Waals surface area contributed by atoms with Crippen LogP contribution in [0.25, 0.3) is 0 Å². The topological polar surface area (TPSA) is 41.3 Å². The van der Waals surface area contributed by atoms with Crippen molar-refractivity contribution in [3.8, 4) is 0 Å². The third kappa shape index (κ3) is 4.63. The van der Waals surface area contributed by atoms with Crippen molar-refractivity contribution in [3.63, 3.8) is 0 Å². The van der Waals surface area contributed by atoms with Crippen LogP contribution in [0.4, 0.5) is 0 Å². The van der Waals surface area contributed by atoms with E-state index < -0.39 is 0 Å². The van der Waals surface area contributed by atoms with Crippen molar-refractivity contribution < 1.29 is 0 Å². The summed E-state index contributed by atoms with van der Waals surface area (Å²) < 4.78 is 0. The molecule has 0 spiro atoms. The van der Waals surface area contributed by atoms with E-state index in [4.69, 9.17) is 5.73 Å².